The SMILES string of the molecule is CCOC1CCCN(CCOC2(C)CNC2)C1. The smallest absolute Gasteiger partial charge is 0.0902 e. The van der Waals surface area contributed by atoms with Gasteiger partial charge in [0.25, 0.3) is 0 Å². The highest BCUT2D eigenvalue weighted by Gasteiger charge is 2.32. The van der Waals surface area contributed by atoms with Crippen molar-refractivity contribution < 1.29 is 9.47 Å². The Labute approximate surface area is 105 Å². The van der Waals surface area contributed by atoms with Crippen molar-refractivity contribution in [3.63, 3.8) is 0 Å². The van der Waals surface area contributed by atoms with E-state index in [9.17, 15) is 0 Å². The van der Waals surface area contributed by atoms with Crippen LogP contribution in [0.3, 0.4) is 0 Å². The fraction of sp³-hybridized carbons (Fsp3) is 1.00. The fourth-order valence-corrected chi connectivity index (χ4v) is 2.59. The minimum Gasteiger partial charge on any atom is -0.377 e. The predicted octanol–water partition coefficient (Wildman–Crippen LogP) is 0.866. The highest BCUT2D eigenvalue weighted by molar-refractivity contribution is 4.90. The van der Waals surface area contributed by atoms with Crippen molar-refractivity contribution in [1.82, 2.24) is 10.2 Å². The lowest BCUT2D eigenvalue weighted by Gasteiger charge is -2.40. The lowest BCUT2D eigenvalue weighted by Crippen LogP contribution is -2.59. The molecule has 0 saturated carbocycles. The van der Waals surface area contributed by atoms with Crippen molar-refractivity contribution >= 4 is 0 Å². The Kier molecular flexibility index (Phi) is 4.79. The Morgan fingerprint density at radius 1 is 1.41 bits per heavy atom. The summed E-state index contributed by atoms with van der Waals surface area (Å²) in [4.78, 5) is 2.47. The Bertz CT molecular complexity index is 229. The monoisotopic (exact) mass is 242 g/mol. The molecule has 2 aliphatic rings. The average molecular weight is 242 g/mol. The van der Waals surface area contributed by atoms with Gasteiger partial charge in [0, 0.05) is 32.8 Å². The first kappa shape index (κ1) is 13.3. The molecule has 4 nitrogen and oxygen atoms in total. The molecule has 0 spiro atoms. The summed E-state index contributed by atoms with van der Waals surface area (Å²) in [5, 5.41) is 3.26. The maximum absolute atomic E-state index is 5.92. The highest BCUT2D eigenvalue weighted by Crippen LogP contribution is 2.16. The first-order chi connectivity index (χ1) is 8.22. The van der Waals surface area contributed by atoms with Gasteiger partial charge in [-0.15, -0.1) is 0 Å². The van der Waals surface area contributed by atoms with Crippen LogP contribution < -0.4 is 5.32 Å². The van der Waals surface area contributed by atoms with Gasteiger partial charge in [-0.05, 0) is 33.2 Å². The molecule has 17 heavy (non-hydrogen) atoms. The van der Waals surface area contributed by atoms with Crippen LogP contribution in [0, 0.1) is 0 Å². The summed E-state index contributed by atoms with van der Waals surface area (Å²) in [6.45, 7) is 11.2. The van der Waals surface area contributed by atoms with Crippen LogP contribution in [-0.4, -0.2) is 62.5 Å². The molecule has 0 bridgehead atoms. The van der Waals surface area contributed by atoms with Gasteiger partial charge in [0.2, 0.25) is 0 Å². The molecule has 100 valence electrons. The van der Waals surface area contributed by atoms with E-state index in [-0.39, 0.29) is 5.60 Å². The van der Waals surface area contributed by atoms with E-state index < -0.39 is 0 Å². The topological polar surface area (TPSA) is 33.7 Å². The van der Waals surface area contributed by atoms with Crippen molar-refractivity contribution in [1.29, 1.82) is 0 Å². The number of hydrogen-bond donors (Lipinski definition) is 1. The van der Waals surface area contributed by atoms with Gasteiger partial charge in [-0.25, -0.2) is 0 Å². The van der Waals surface area contributed by atoms with Crippen molar-refractivity contribution in [2.24, 2.45) is 0 Å². The van der Waals surface area contributed by atoms with Crippen molar-refractivity contribution in [2.45, 2.75) is 38.4 Å². The highest BCUT2D eigenvalue weighted by atomic mass is 16.5. The van der Waals surface area contributed by atoms with E-state index in [4.69, 9.17) is 9.47 Å². The molecule has 0 radical (unpaired) electrons. The van der Waals surface area contributed by atoms with Gasteiger partial charge in [-0.1, -0.05) is 0 Å². The Morgan fingerprint density at radius 2 is 2.24 bits per heavy atom. The Balaban J connectivity index is 1.61. The summed E-state index contributed by atoms with van der Waals surface area (Å²) in [6, 6.07) is 0. The number of nitrogens with zero attached hydrogens (tertiary/aromatic N) is 1. The number of hydrogen-bond acceptors (Lipinski definition) is 4. The Morgan fingerprint density at radius 3 is 2.88 bits per heavy atom. The van der Waals surface area contributed by atoms with E-state index in [0.717, 1.165) is 39.4 Å². The van der Waals surface area contributed by atoms with Crippen molar-refractivity contribution in [3.05, 3.63) is 0 Å². The third kappa shape index (κ3) is 3.91. The van der Waals surface area contributed by atoms with Gasteiger partial charge in [0.1, 0.15) is 0 Å². The van der Waals surface area contributed by atoms with Crippen molar-refractivity contribution in [2.75, 3.05) is 45.9 Å². The van der Waals surface area contributed by atoms with Gasteiger partial charge in [-0.3, -0.25) is 4.90 Å². The minimum absolute atomic E-state index is 0.0924. The molecule has 0 aliphatic carbocycles. The normalized spacial score (nSPS) is 28.9. The third-order valence-corrected chi connectivity index (χ3v) is 3.72. The van der Waals surface area contributed by atoms with E-state index >= 15 is 0 Å². The lowest BCUT2D eigenvalue weighted by molar-refractivity contribution is -0.0779. The molecule has 2 heterocycles. The van der Waals surface area contributed by atoms with E-state index in [2.05, 4.69) is 24.1 Å². The van der Waals surface area contributed by atoms with E-state index in [1.165, 1.54) is 19.4 Å². The van der Waals surface area contributed by atoms with Gasteiger partial charge in [0.05, 0.1) is 18.3 Å². The maximum atomic E-state index is 5.92. The second-order valence-electron chi connectivity index (χ2n) is 5.42. The van der Waals surface area contributed by atoms with Crippen LogP contribution in [0.25, 0.3) is 0 Å². The Hall–Kier alpha value is -0.160. The molecule has 0 aromatic carbocycles. The maximum Gasteiger partial charge on any atom is 0.0902 e. The first-order valence-electron chi connectivity index (χ1n) is 6.90. The van der Waals surface area contributed by atoms with Crippen LogP contribution in [0.2, 0.25) is 0 Å². The summed E-state index contributed by atoms with van der Waals surface area (Å²) in [6.07, 6.45) is 2.91. The zero-order chi connectivity index (χ0) is 12.1. The molecule has 0 aromatic rings. The number of likely N-dealkylation sites (tertiary alicyclic amines) is 1. The predicted molar refractivity (Wildman–Crippen MR) is 68.3 cm³/mol. The molecular formula is C13H26N2O2. The molecule has 2 rings (SSSR count). The molecule has 2 saturated heterocycles. The summed E-state index contributed by atoms with van der Waals surface area (Å²) in [7, 11) is 0. The van der Waals surface area contributed by atoms with Crippen LogP contribution >= 0.6 is 0 Å². The molecule has 0 aromatic heterocycles. The molecule has 1 N–H and O–H groups in total. The quantitative estimate of drug-likeness (QED) is 0.749. The van der Waals surface area contributed by atoms with Gasteiger partial charge in [-0.2, -0.15) is 0 Å². The van der Waals surface area contributed by atoms with E-state index in [1.807, 2.05) is 0 Å². The average Bonchev–Trinajstić information content (AvgIpc) is 2.28. The minimum atomic E-state index is 0.0924. The number of piperidine rings is 1. The van der Waals surface area contributed by atoms with Crippen LogP contribution in [-0.2, 0) is 9.47 Å². The van der Waals surface area contributed by atoms with Crippen molar-refractivity contribution in [3.8, 4) is 0 Å². The summed E-state index contributed by atoms with van der Waals surface area (Å²) in [5.74, 6) is 0. The van der Waals surface area contributed by atoms with Crippen LogP contribution in [0.5, 0.6) is 0 Å². The number of rotatable bonds is 6. The van der Waals surface area contributed by atoms with Gasteiger partial charge in [0.15, 0.2) is 0 Å². The third-order valence-electron chi connectivity index (χ3n) is 3.72. The number of nitrogens with one attached hydrogen (secondary N) is 1. The van der Waals surface area contributed by atoms with E-state index in [1.54, 1.807) is 0 Å². The summed E-state index contributed by atoms with van der Waals surface area (Å²) in [5.41, 5.74) is 0.0924. The zero-order valence-electron chi connectivity index (χ0n) is 11.2. The van der Waals surface area contributed by atoms with Gasteiger partial charge < -0.3 is 14.8 Å². The van der Waals surface area contributed by atoms with E-state index in [0.29, 0.717) is 6.10 Å². The standard InChI is InChI=1S/C13H26N2O2/c1-3-16-12-5-4-6-15(9-12)7-8-17-13(2)10-14-11-13/h12,14H,3-11H2,1-2H3. The number of ether oxygens (including phenoxy) is 2. The van der Waals surface area contributed by atoms with Crippen LogP contribution in [0.4, 0.5) is 0 Å². The molecule has 2 aliphatic heterocycles. The van der Waals surface area contributed by atoms with Gasteiger partial charge >= 0.3 is 0 Å². The zero-order valence-corrected chi connectivity index (χ0v) is 11.2. The molecule has 1 unspecified atom stereocenters. The fourth-order valence-electron chi connectivity index (χ4n) is 2.59. The lowest BCUT2D eigenvalue weighted by atomic mass is 10.0. The summed E-state index contributed by atoms with van der Waals surface area (Å²) < 4.78 is 11.6. The second kappa shape index (κ2) is 6.14. The second-order valence-corrected chi connectivity index (χ2v) is 5.42. The van der Waals surface area contributed by atoms with Crippen LogP contribution in [0.1, 0.15) is 26.7 Å². The molecule has 0 amide bonds. The molecule has 1 atom stereocenters. The molecule has 2 fully saturated rings. The first-order valence-corrected chi connectivity index (χ1v) is 6.90. The summed E-state index contributed by atoms with van der Waals surface area (Å²) >= 11 is 0. The van der Waals surface area contributed by atoms with Crippen LogP contribution in [0.15, 0.2) is 0 Å². The molecular weight excluding hydrogens is 216 g/mol. The molecule has 4 heteroatoms. The largest absolute Gasteiger partial charge is 0.377 e.